The molecular formula is C30H28N3NaO6S3. The van der Waals surface area contributed by atoms with Crippen LogP contribution in [0.15, 0.2) is 89.8 Å². The standard InChI is InChI=1S/C30H29N3O6S3.Na/c1-3-32(20-21-9-8-12-25(17-21)41(34,35)36)23-13-15-26-28(18-23)40-29-19-24(14-16-27(29)31-26)33(4-2)30(42(37,38)39)22-10-6-5-7-11-22;/h5-6,8-19,30H,3-4,20H2,1-2H3,(H,34,35,36)(H,37,38,39);/q;+1/p-1. The van der Waals surface area contributed by atoms with Gasteiger partial charge in [-0.2, -0.15) is 38.7 Å². The van der Waals surface area contributed by atoms with E-state index >= 15 is 0 Å². The predicted octanol–water partition coefficient (Wildman–Crippen LogP) is 1.51. The Balaban J connectivity index is 0.00000423. The SMILES string of the molecule is CCN(c1ccc2nc3ccc(=[N+](CC)Cc4cccc(S(=O)(=O)[O-])c4)cc-3sc2c1)C(c1c[c-]ccc1)S(=O)(=O)O.[Na+]. The van der Waals surface area contributed by atoms with Gasteiger partial charge in [-0.1, -0.05) is 12.1 Å². The van der Waals surface area contributed by atoms with E-state index in [1.807, 2.05) is 44.2 Å². The zero-order valence-electron chi connectivity index (χ0n) is 23.8. The van der Waals surface area contributed by atoms with Crippen LogP contribution < -0.4 is 44.4 Å². The molecule has 1 heterocycles. The number of anilines is 1. The van der Waals surface area contributed by atoms with Crippen molar-refractivity contribution in [3.63, 3.8) is 0 Å². The summed E-state index contributed by atoms with van der Waals surface area (Å²) in [5.41, 5.74) is 3.27. The van der Waals surface area contributed by atoms with Crippen molar-refractivity contribution in [2.75, 3.05) is 18.0 Å². The van der Waals surface area contributed by atoms with E-state index in [0.717, 1.165) is 26.1 Å². The van der Waals surface area contributed by atoms with Crippen molar-refractivity contribution < 1.29 is 55.5 Å². The maximum atomic E-state index is 12.5. The third kappa shape index (κ3) is 7.52. The van der Waals surface area contributed by atoms with Crippen LogP contribution in [0.25, 0.3) is 20.8 Å². The van der Waals surface area contributed by atoms with Crippen LogP contribution in [0.5, 0.6) is 0 Å². The van der Waals surface area contributed by atoms with E-state index in [9.17, 15) is 25.9 Å². The van der Waals surface area contributed by atoms with Crippen LogP contribution in [-0.2, 0) is 26.8 Å². The Morgan fingerprint density at radius 2 is 1.81 bits per heavy atom. The largest absolute Gasteiger partial charge is 1.00 e. The molecule has 0 fully saturated rings. The normalized spacial score (nSPS) is 13.4. The molecule has 0 bridgehead atoms. The third-order valence-corrected chi connectivity index (χ3v) is 9.92. The number of hydrogen-bond acceptors (Lipinski definition) is 8. The first-order valence-electron chi connectivity index (χ1n) is 13.1. The maximum absolute atomic E-state index is 12.5. The van der Waals surface area contributed by atoms with Gasteiger partial charge >= 0.3 is 29.6 Å². The third-order valence-electron chi connectivity index (χ3n) is 6.91. The van der Waals surface area contributed by atoms with Crippen molar-refractivity contribution in [2.24, 2.45) is 0 Å². The zero-order valence-corrected chi connectivity index (χ0v) is 28.3. The first kappa shape index (κ1) is 33.2. The molecule has 5 rings (SSSR count). The number of aromatic nitrogens is 1. The Kier molecular flexibility index (Phi) is 10.5. The molecule has 0 spiro atoms. The molecule has 1 unspecified atom stereocenters. The van der Waals surface area contributed by atoms with Crippen molar-refractivity contribution in [3.8, 4) is 10.6 Å². The van der Waals surface area contributed by atoms with Crippen molar-refractivity contribution in [2.45, 2.75) is 30.7 Å². The van der Waals surface area contributed by atoms with Gasteiger partial charge in [-0.25, -0.2) is 18.0 Å². The molecule has 0 radical (unpaired) electrons. The molecule has 3 aromatic carbocycles. The van der Waals surface area contributed by atoms with Crippen LogP contribution in [0.3, 0.4) is 0 Å². The molecular weight excluding hydrogens is 618 g/mol. The van der Waals surface area contributed by atoms with Crippen LogP contribution in [0, 0.1) is 6.07 Å². The minimum absolute atomic E-state index is 0. The second-order valence-electron chi connectivity index (χ2n) is 9.62. The molecule has 1 aliphatic carbocycles. The number of hydrogen-bond donors (Lipinski definition) is 1. The van der Waals surface area contributed by atoms with Crippen LogP contribution in [-0.4, -0.2) is 44.0 Å². The smallest absolute Gasteiger partial charge is 0.744 e. The van der Waals surface area contributed by atoms with Gasteiger partial charge in [0.1, 0.15) is 22.0 Å². The summed E-state index contributed by atoms with van der Waals surface area (Å²) in [6.45, 7) is 5.17. The topological polar surface area (TPSA) is 131 Å². The number of benzene rings is 4. The predicted molar refractivity (Wildman–Crippen MR) is 163 cm³/mol. The molecule has 13 heteroatoms. The Hall–Kier alpha value is -2.68. The van der Waals surface area contributed by atoms with Gasteiger partial charge in [0, 0.05) is 29.9 Å². The molecule has 1 atom stereocenters. The number of rotatable bonds is 9. The molecule has 0 saturated carbocycles. The Bertz CT molecular complexity index is 2020. The van der Waals surface area contributed by atoms with E-state index in [-0.39, 0.29) is 34.5 Å². The summed E-state index contributed by atoms with van der Waals surface area (Å²) in [5, 5.41) is -0.397. The van der Waals surface area contributed by atoms with Gasteiger partial charge in [0.25, 0.3) is 10.1 Å². The van der Waals surface area contributed by atoms with Gasteiger partial charge < -0.3 is 9.45 Å². The molecule has 3 aromatic rings. The molecule has 9 nitrogen and oxygen atoms in total. The van der Waals surface area contributed by atoms with Crippen molar-refractivity contribution in [1.82, 2.24) is 9.56 Å². The van der Waals surface area contributed by atoms with Crippen molar-refractivity contribution >= 4 is 47.5 Å². The molecule has 0 saturated heterocycles. The zero-order chi connectivity index (χ0) is 30.1. The van der Waals surface area contributed by atoms with Crippen molar-refractivity contribution in [1.29, 1.82) is 0 Å². The van der Waals surface area contributed by atoms with Gasteiger partial charge in [-0.3, -0.25) is 4.55 Å². The molecule has 0 aromatic heterocycles. The summed E-state index contributed by atoms with van der Waals surface area (Å²) >= 11 is 1.51. The summed E-state index contributed by atoms with van der Waals surface area (Å²) in [6, 6.07) is 26.9. The van der Waals surface area contributed by atoms with Crippen LogP contribution in [0.1, 0.15) is 30.3 Å². The average molecular weight is 646 g/mol. The molecule has 43 heavy (non-hydrogen) atoms. The minimum atomic E-state index is -4.55. The van der Waals surface area contributed by atoms with Gasteiger partial charge in [-0.15, -0.1) is 16.9 Å². The quantitative estimate of drug-likeness (QED) is 0.0840. The van der Waals surface area contributed by atoms with Gasteiger partial charge in [-0.05, 0) is 50.2 Å². The van der Waals surface area contributed by atoms with E-state index in [4.69, 9.17) is 4.98 Å². The van der Waals surface area contributed by atoms with E-state index in [0.29, 0.717) is 36.4 Å². The fraction of sp³-hybridized carbons (Fsp3) is 0.200. The molecule has 0 amide bonds. The second-order valence-corrected chi connectivity index (χ2v) is 13.6. The van der Waals surface area contributed by atoms with Crippen molar-refractivity contribution in [3.05, 3.63) is 107 Å². The Morgan fingerprint density at radius 1 is 1.02 bits per heavy atom. The number of fused-ring (bicyclic) bond motifs is 2. The molecule has 1 N–H and O–H groups in total. The Morgan fingerprint density at radius 3 is 2.47 bits per heavy atom. The summed E-state index contributed by atoms with van der Waals surface area (Å²) in [7, 11) is -9.03. The molecule has 1 aliphatic heterocycles. The summed E-state index contributed by atoms with van der Waals surface area (Å²) in [6.07, 6.45) is 0. The van der Waals surface area contributed by atoms with E-state index in [1.54, 1.807) is 47.4 Å². The molecule has 2 aliphatic rings. The first-order valence-corrected chi connectivity index (χ1v) is 16.9. The van der Waals surface area contributed by atoms with E-state index in [2.05, 4.69) is 10.6 Å². The fourth-order valence-electron chi connectivity index (χ4n) is 4.94. The van der Waals surface area contributed by atoms with Gasteiger partial charge in [0.05, 0.1) is 25.7 Å². The average Bonchev–Trinajstić information content (AvgIpc) is 2.96. The fourth-order valence-corrected chi connectivity index (χ4v) is 7.60. The first-order chi connectivity index (χ1) is 20.0. The second kappa shape index (κ2) is 13.5. The summed E-state index contributed by atoms with van der Waals surface area (Å²) in [5.74, 6) is 0. The summed E-state index contributed by atoms with van der Waals surface area (Å²) in [4.78, 5) is 7.07. The minimum Gasteiger partial charge on any atom is -0.744 e. The van der Waals surface area contributed by atoms with Gasteiger partial charge in [0.2, 0.25) is 5.36 Å². The van der Waals surface area contributed by atoms with E-state index < -0.39 is 25.6 Å². The van der Waals surface area contributed by atoms with E-state index in [1.165, 1.54) is 23.5 Å². The van der Waals surface area contributed by atoms with Crippen LogP contribution in [0.4, 0.5) is 5.69 Å². The summed E-state index contributed by atoms with van der Waals surface area (Å²) < 4.78 is 72.6. The Labute approximate surface area is 277 Å². The van der Waals surface area contributed by atoms with Crippen LogP contribution >= 0.6 is 11.3 Å². The monoisotopic (exact) mass is 645 g/mol. The van der Waals surface area contributed by atoms with Gasteiger partial charge in [0.15, 0.2) is 6.54 Å². The van der Waals surface area contributed by atoms with Crippen LogP contribution in [0.2, 0.25) is 0 Å². The maximum Gasteiger partial charge on any atom is 1.00 e. The molecule has 218 valence electrons. The number of nitrogens with zero attached hydrogens (tertiary/aromatic N) is 3.